The van der Waals surface area contributed by atoms with Gasteiger partial charge >= 0.3 is 0 Å². The van der Waals surface area contributed by atoms with Crippen molar-refractivity contribution in [3.05, 3.63) is 93.1 Å². The van der Waals surface area contributed by atoms with E-state index in [2.05, 4.69) is 38.7 Å². The first-order valence-corrected chi connectivity index (χ1v) is 29.4. The Kier molecular flexibility index (Phi) is 19.9. The van der Waals surface area contributed by atoms with E-state index >= 15 is 0 Å². The first kappa shape index (κ1) is 58.1. The number of hydrogen-bond acceptors (Lipinski definition) is 12. The topological polar surface area (TPSA) is 205 Å². The number of rotatable bonds is 22. The Morgan fingerprint density at radius 3 is 2.14 bits per heavy atom. The van der Waals surface area contributed by atoms with Gasteiger partial charge in [-0.2, -0.15) is 0 Å². The summed E-state index contributed by atoms with van der Waals surface area (Å²) >= 11 is 1.58. The second-order valence-corrected chi connectivity index (χ2v) is 24.3. The normalized spacial score (nSPS) is 18.5. The van der Waals surface area contributed by atoms with Gasteiger partial charge in [0.1, 0.15) is 34.9 Å². The summed E-state index contributed by atoms with van der Waals surface area (Å²) < 4.78 is 6.23. The number of ether oxygens (including phenoxy) is 1. The number of carbonyl (C=O) groups excluding carboxylic acids is 5. The molecule has 1 saturated carbocycles. The Hall–Kier alpha value is -6.04. The van der Waals surface area contributed by atoms with Crippen LogP contribution in [-0.2, 0) is 45.4 Å². The number of benzene rings is 3. The summed E-state index contributed by atoms with van der Waals surface area (Å²) in [5.74, 6) is -0.741. The van der Waals surface area contributed by atoms with Crippen LogP contribution in [-0.4, -0.2) is 127 Å². The summed E-state index contributed by atoms with van der Waals surface area (Å²) in [6.45, 7) is 14.7. The molecular weight excluding hydrogens is 1010 g/mol. The monoisotopic (exact) mass is 1090 g/mol. The van der Waals surface area contributed by atoms with E-state index in [4.69, 9.17) is 4.74 Å². The number of aryl methyl sites for hydroxylation is 1. The number of likely N-dealkylation sites (tertiary alicyclic amines) is 1. The highest BCUT2D eigenvalue weighted by atomic mass is 32.1. The molecule has 16 nitrogen and oxygen atoms in total. The first-order valence-electron chi connectivity index (χ1n) is 28.6. The Balaban J connectivity index is 0.689. The van der Waals surface area contributed by atoms with Gasteiger partial charge in [0.15, 0.2) is 0 Å². The first-order chi connectivity index (χ1) is 37.4. The van der Waals surface area contributed by atoms with Crippen molar-refractivity contribution >= 4 is 40.9 Å². The lowest BCUT2D eigenvalue weighted by Crippen LogP contribution is -2.57. The van der Waals surface area contributed by atoms with Crippen LogP contribution in [0.2, 0.25) is 0 Å². The lowest BCUT2D eigenvalue weighted by atomic mass is 9.85. The van der Waals surface area contributed by atoms with Crippen molar-refractivity contribution in [1.82, 2.24) is 35.2 Å². The molecule has 3 atom stereocenters. The third kappa shape index (κ3) is 15.0. The minimum Gasteiger partial charge on any atom is -0.507 e. The molecule has 0 bridgehead atoms. The lowest BCUT2D eigenvalue weighted by molar-refractivity contribution is -0.144. The van der Waals surface area contributed by atoms with Gasteiger partial charge in [-0.15, -0.1) is 11.3 Å². The number of phenolic OH excluding ortho intramolecular Hbond substituents is 2. The fraction of sp³-hybridized carbons (Fsp3) is 0.574. The molecule has 4 aliphatic rings. The highest BCUT2D eigenvalue weighted by molar-refractivity contribution is 7.13. The zero-order valence-corrected chi connectivity index (χ0v) is 47.4. The zero-order valence-electron chi connectivity index (χ0n) is 46.6. The van der Waals surface area contributed by atoms with E-state index in [-0.39, 0.29) is 78.3 Å². The van der Waals surface area contributed by atoms with Crippen LogP contribution in [0.1, 0.15) is 161 Å². The summed E-state index contributed by atoms with van der Waals surface area (Å²) in [6, 6.07) is 13.8. The van der Waals surface area contributed by atoms with Crippen LogP contribution in [0.3, 0.4) is 0 Å². The van der Waals surface area contributed by atoms with Crippen molar-refractivity contribution in [2.45, 2.75) is 175 Å². The molecule has 5 amide bonds. The third-order valence-corrected chi connectivity index (χ3v) is 17.3. The van der Waals surface area contributed by atoms with Crippen molar-refractivity contribution in [2.24, 2.45) is 11.3 Å². The van der Waals surface area contributed by atoms with Crippen LogP contribution in [0.15, 0.2) is 54.0 Å². The number of hydrogen-bond donors (Lipinski definition) is 5. The fourth-order valence-corrected chi connectivity index (χ4v) is 12.4. The van der Waals surface area contributed by atoms with Gasteiger partial charge in [-0.05, 0) is 78.7 Å². The van der Waals surface area contributed by atoms with Gasteiger partial charge in [0.2, 0.25) is 23.6 Å². The van der Waals surface area contributed by atoms with Crippen molar-refractivity contribution in [3.8, 4) is 27.7 Å². The number of β-amino-alcohol motifs (C(OH)–C–C–N with tert-alkyl or cyclic N) is 1. The molecule has 78 heavy (non-hydrogen) atoms. The molecule has 8 rings (SSSR count). The summed E-state index contributed by atoms with van der Waals surface area (Å²) in [5, 5.41) is 38.0. The molecule has 1 aliphatic carbocycles. The number of piperazine rings is 1. The van der Waals surface area contributed by atoms with E-state index in [0.29, 0.717) is 57.1 Å². The highest BCUT2D eigenvalue weighted by Gasteiger charge is 2.44. The van der Waals surface area contributed by atoms with Gasteiger partial charge in [0.25, 0.3) is 5.91 Å². The number of carbonyl (C=O) groups is 5. The van der Waals surface area contributed by atoms with Crippen LogP contribution in [0, 0.1) is 25.2 Å². The van der Waals surface area contributed by atoms with E-state index in [1.54, 1.807) is 23.2 Å². The molecule has 1 aromatic heterocycles. The van der Waals surface area contributed by atoms with Gasteiger partial charge in [-0.1, -0.05) is 115 Å². The molecule has 4 aromatic rings. The molecule has 17 heteroatoms. The molecule has 4 heterocycles. The third-order valence-electron chi connectivity index (χ3n) is 16.3. The number of nitrogens with one attached hydrogen (secondary N) is 2. The number of thiazole rings is 1. The van der Waals surface area contributed by atoms with Gasteiger partial charge in [-0.25, -0.2) is 4.98 Å². The van der Waals surface area contributed by atoms with E-state index in [9.17, 15) is 39.3 Å². The number of amides is 5. The number of aromatic hydroxyl groups is 2. The van der Waals surface area contributed by atoms with Crippen LogP contribution < -0.4 is 15.4 Å². The van der Waals surface area contributed by atoms with Crippen LogP contribution in [0.5, 0.6) is 17.2 Å². The largest absolute Gasteiger partial charge is 0.507 e. The van der Waals surface area contributed by atoms with Crippen molar-refractivity contribution in [3.63, 3.8) is 0 Å². The van der Waals surface area contributed by atoms with Gasteiger partial charge < -0.3 is 45.4 Å². The predicted octanol–water partition coefficient (Wildman–Crippen LogP) is 8.92. The van der Waals surface area contributed by atoms with Crippen LogP contribution in [0.4, 0.5) is 0 Å². The number of fused-ring (bicyclic) bond motifs is 1. The number of aliphatic hydroxyl groups excluding tert-OH is 1. The molecule has 2 unspecified atom stereocenters. The zero-order chi connectivity index (χ0) is 55.5. The second kappa shape index (κ2) is 26.7. The average molecular weight is 1090 g/mol. The highest BCUT2D eigenvalue weighted by Crippen LogP contribution is 2.41. The summed E-state index contributed by atoms with van der Waals surface area (Å²) in [6.07, 6.45) is 12.2. The van der Waals surface area contributed by atoms with Crippen molar-refractivity contribution in [1.29, 1.82) is 0 Å². The maximum atomic E-state index is 14.1. The Morgan fingerprint density at radius 2 is 1.46 bits per heavy atom. The van der Waals surface area contributed by atoms with E-state index in [1.807, 2.05) is 62.4 Å². The predicted molar refractivity (Wildman–Crippen MR) is 302 cm³/mol. The molecule has 3 aliphatic heterocycles. The van der Waals surface area contributed by atoms with Crippen LogP contribution >= 0.6 is 11.3 Å². The second-order valence-electron chi connectivity index (χ2n) is 23.4. The van der Waals surface area contributed by atoms with Crippen molar-refractivity contribution < 1.29 is 44.0 Å². The van der Waals surface area contributed by atoms with Gasteiger partial charge in [0, 0.05) is 89.8 Å². The van der Waals surface area contributed by atoms with Gasteiger partial charge in [0.05, 0.1) is 28.8 Å². The molecule has 5 N–H and O–H groups in total. The molecular formula is C61H83N7O9S. The quantitative estimate of drug-likeness (QED) is 0.0470. The number of aromatic nitrogens is 1. The van der Waals surface area contributed by atoms with E-state index in [0.717, 1.165) is 122 Å². The minimum atomic E-state index is -0.864. The van der Waals surface area contributed by atoms with Crippen molar-refractivity contribution in [2.75, 3.05) is 39.3 Å². The van der Waals surface area contributed by atoms with Crippen LogP contribution in [0.25, 0.3) is 10.4 Å². The number of aliphatic hydroxyl groups is 1. The molecule has 0 spiro atoms. The molecule has 422 valence electrons. The maximum Gasteiger partial charge on any atom is 0.262 e. The van der Waals surface area contributed by atoms with E-state index < -0.39 is 23.6 Å². The summed E-state index contributed by atoms with van der Waals surface area (Å²) in [7, 11) is 0. The Labute approximate surface area is 464 Å². The number of nitrogens with zero attached hydrogens (tertiary/aromatic N) is 5. The fourth-order valence-electron chi connectivity index (χ4n) is 11.6. The molecule has 3 fully saturated rings. The van der Waals surface area contributed by atoms with Gasteiger partial charge in [-0.3, -0.25) is 28.9 Å². The SMILES string of the molecule is Cc1ncsc1-c1ccc(CNC(=O)C2CC(O)CN2C(=O)[C@@H](NC(=O)CCCCCCCCCC(=O)N2CCN(Cc3ccc4c(c3)CN(C(=O)c3c(O)cc(O)c(C)c3OCC3CCCCC3)C4)CC2)C(C)(C)C)cc1. The summed E-state index contributed by atoms with van der Waals surface area (Å²) in [5.41, 5.74) is 8.00. The van der Waals surface area contributed by atoms with E-state index in [1.165, 1.54) is 17.4 Å². The smallest absolute Gasteiger partial charge is 0.262 e. The molecule has 3 aromatic carbocycles. The molecule has 0 radical (unpaired) electrons. The Bertz CT molecular complexity index is 2730. The lowest BCUT2D eigenvalue weighted by Gasteiger charge is -2.35. The number of unbranched alkanes of at least 4 members (excludes halogenated alkanes) is 6. The number of phenols is 2. The molecule has 2 saturated heterocycles. The Morgan fingerprint density at radius 1 is 0.795 bits per heavy atom. The average Bonchev–Trinajstić information content (AvgIpc) is 4.20. The minimum absolute atomic E-state index is 0.0239. The summed E-state index contributed by atoms with van der Waals surface area (Å²) in [4.78, 5) is 81.0. The standard InChI is InChI=1S/C61H83N7O9S/c1-40-50(70)32-51(71)54(55(40)77-38-43-16-12-11-13-17-43)59(75)67-35-46-25-22-44(30-47(46)36-67)34-65-26-28-66(29-27-65)53(73)19-15-10-8-6-7-9-14-18-52(72)64-57(61(3,4)5)60(76)68-37-48(69)31-49(68)58(74)62-33-42-20-23-45(24-21-42)56-41(2)63-39-78-56/h20-25,30,32,39,43,48-49,57,69-71H,6-19,26-29,31,33-38H2,1-5H3,(H,62,74)(H,64,72)/t48?,49?,57-/m1/s1. The maximum absolute atomic E-state index is 14.1.